The predicted molar refractivity (Wildman–Crippen MR) is 132 cm³/mol. The molecule has 39 heavy (non-hydrogen) atoms. The molecule has 0 spiro atoms. The number of carbonyl (C=O) groups excluding carboxylic acids is 1. The van der Waals surface area contributed by atoms with Gasteiger partial charge in [-0.1, -0.05) is 12.1 Å². The third-order valence-electron chi connectivity index (χ3n) is 5.16. The number of sulfonamides is 1. The summed E-state index contributed by atoms with van der Waals surface area (Å²) >= 11 is 0. The molecular weight excluding hydrogens is 544 g/mol. The minimum absolute atomic E-state index is 0.00132. The van der Waals surface area contributed by atoms with E-state index in [1.54, 1.807) is 0 Å². The first-order valence-corrected chi connectivity index (χ1v) is 13.0. The van der Waals surface area contributed by atoms with Crippen LogP contribution in [0.2, 0.25) is 0 Å². The number of carboxylic acid groups (broad SMARTS) is 4. The van der Waals surface area contributed by atoms with E-state index >= 15 is 0 Å². The van der Waals surface area contributed by atoms with Crippen LogP contribution in [0, 0.1) is 0 Å². The summed E-state index contributed by atoms with van der Waals surface area (Å²) in [6.45, 7) is -2.81. The second kappa shape index (κ2) is 16.4. The quantitative estimate of drug-likeness (QED) is 0.102. The van der Waals surface area contributed by atoms with Gasteiger partial charge in [0.05, 0.1) is 44.2 Å². The van der Waals surface area contributed by atoms with E-state index in [1.165, 1.54) is 29.2 Å². The van der Waals surface area contributed by atoms with Crippen LogP contribution in [-0.2, 0) is 45.2 Å². The maximum absolute atomic E-state index is 12.5. The molecule has 0 bridgehead atoms. The van der Waals surface area contributed by atoms with Gasteiger partial charge >= 0.3 is 29.8 Å². The number of esters is 1. The van der Waals surface area contributed by atoms with Crippen LogP contribution in [0.3, 0.4) is 0 Å². The van der Waals surface area contributed by atoms with Gasteiger partial charge in [0.1, 0.15) is 0 Å². The molecule has 17 heteroatoms. The van der Waals surface area contributed by atoms with Gasteiger partial charge in [-0.3, -0.25) is 38.7 Å². The molecule has 6 N–H and O–H groups in total. The van der Waals surface area contributed by atoms with E-state index in [1.807, 2.05) is 0 Å². The zero-order valence-corrected chi connectivity index (χ0v) is 21.8. The average molecular weight is 577 g/mol. The van der Waals surface area contributed by atoms with Gasteiger partial charge in [0.15, 0.2) is 0 Å². The summed E-state index contributed by atoms with van der Waals surface area (Å²) in [7, 11) is -3.85. The van der Waals surface area contributed by atoms with E-state index in [0.717, 1.165) is 9.80 Å². The fourth-order valence-corrected chi connectivity index (χ4v) is 3.90. The van der Waals surface area contributed by atoms with E-state index in [-0.39, 0.29) is 50.6 Å². The second-order valence-corrected chi connectivity index (χ2v) is 9.99. The maximum Gasteiger partial charge on any atom is 0.320 e. The Hall–Kier alpha value is -3.64. The summed E-state index contributed by atoms with van der Waals surface area (Å²) in [4.78, 5) is 60.4. The summed E-state index contributed by atoms with van der Waals surface area (Å²) in [6.07, 6.45) is 0.257. The molecule has 0 atom stereocenters. The molecule has 0 amide bonds. The van der Waals surface area contributed by atoms with Crippen LogP contribution in [0.1, 0.15) is 5.56 Å². The van der Waals surface area contributed by atoms with Crippen molar-refractivity contribution < 1.29 is 57.6 Å². The molecule has 0 fully saturated rings. The number of carboxylic acids is 4. The first-order valence-electron chi connectivity index (χ1n) is 11.5. The van der Waals surface area contributed by atoms with Crippen LogP contribution >= 0.6 is 0 Å². The molecule has 0 aliphatic heterocycles. The zero-order chi connectivity index (χ0) is 29.6. The van der Waals surface area contributed by atoms with Crippen LogP contribution in [0.5, 0.6) is 0 Å². The lowest BCUT2D eigenvalue weighted by Crippen LogP contribution is -2.45. The van der Waals surface area contributed by atoms with Gasteiger partial charge in [-0.05, 0) is 17.7 Å². The highest BCUT2D eigenvalue weighted by Gasteiger charge is 2.20. The Kier molecular flexibility index (Phi) is 14.0. The smallest absolute Gasteiger partial charge is 0.320 e. The SMILES string of the molecule is NS(=O)(=O)c1ccc(CCOC(=O)CN(CCN(CC(=O)O)CC(=O)O)CCN(CC(=O)O)CC(=O)O)cc1. The van der Waals surface area contributed by atoms with E-state index in [2.05, 4.69) is 0 Å². The van der Waals surface area contributed by atoms with Gasteiger partial charge in [0.2, 0.25) is 10.0 Å². The zero-order valence-electron chi connectivity index (χ0n) is 21.0. The molecule has 1 aromatic carbocycles. The Balaban J connectivity index is 2.81. The van der Waals surface area contributed by atoms with Crippen LogP contribution in [-0.4, -0.2) is 139 Å². The number of rotatable bonds is 20. The standard InChI is InChI=1S/C22H32N4O12S/c23-39(36,37)17-3-1-16(2-4-17)5-10-38-22(35)15-24(6-8-25(11-18(27)28)12-19(29)30)7-9-26(13-20(31)32)14-21(33)34/h1-4H,5-15H2,(H,27,28)(H,29,30)(H,31,32)(H,33,34)(H2,23,36,37). The molecule has 0 saturated heterocycles. The fourth-order valence-electron chi connectivity index (χ4n) is 3.39. The number of hydrogen-bond donors (Lipinski definition) is 5. The number of nitrogens with zero attached hydrogens (tertiary/aromatic N) is 3. The summed E-state index contributed by atoms with van der Waals surface area (Å²) in [5.74, 6) is -5.72. The number of aliphatic carboxylic acids is 4. The molecule has 1 rings (SSSR count). The van der Waals surface area contributed by atoms with Crippen LogP contribution in [0.25, 0.3) is 0 Å². The number of hydrogen-bond acceptors (Lipinski definition) is 11. The molecule has 0 saturated carbocycles. The normalized spacial score (nSPS) is 11.6. The van der Waals surface area contributed by atoms with Crippen molar-refractivity contribution in [3.63, 3.8) is 0 Å². The first-order chi connectivity index (χ1) is 18.1. The Morgan fingerprint density at radius 1 is 0.667 bits per heavy atom. The minimum atomic E-state index is -3.85. The average Bonchev–Trinajstić information content (AvgIpc) is 2.78. The molecule has 0 aliphatic carbocycles. The lowest BCUT2D eigenvalue weighted by Gasteiger charge is -2.27. The predicted octanol–water partition coefficient (Wildman–Crippen LogP) is -2.34. The van der Waals surface area contributed by atoms with Gasteiger partial charge in [-0.15, -0.1) is 0 Å². The molecule has 0 aliphatic rings. The van der Waals surface area contributed by atoms with Gasteiger partial charge in [0, 0.05) is 32.6 Å². The third-order valence-corrected chi connectivity index (χ3v) is 6.09. The number of carbonyl (C=O) groups is 5. The number of primary sulfonamides is 1. The minimum Gasteiger partial charge on any atom is -0.480 e. The lowest BCUT2D eigenvalue weighted by molar-refractivity contribution is -0.146. The van der Waals surface area contributed by atoms with Crippen molar-refractivity contribution in [2.24, 2.45) is 5.14 Å². The largest absolute Gasteiger partial charge is 0.480 e. The highest BCUT2D eigenvalue weighted by atomic mass is 32.2. The second-order valence-electron chi connectivity index (χ2n) is 8.43. The Labute approximate surface area is 224 Å². The molecule has 0 heterocycles. The van der Waals surface area contributed by atoms with Gasteiger partial charge < -0.3 is 25.2 Å². The van der Waals surface area contributed by atoms with Crippen LogP contribution in [0.4, 0.5) is 0 Å². The number of benzene rings is 1. The Morgan fingerprint density at radius 2 is 1.05 bits per heavy atom. The lowest BCUT2D eigenvalue weighted by atomic mass is 10.2. The highest BCUT2D eigenvalue weighted by Crippen LogP contribution is 2.09. The van der Waals surface area contributed by atoms with E-state index in [9.17, 15) is 32.4 Å². The number of nitrogens with two attached hydrogens (primary N) is 1. The maximum atomic E-state index is 12.5. The van der Waals surface area contributed by atoms with Gasteiger partial charge in [0.25, 0.3) is 0 Å². The van der Waals surface area contributed by atoms with Crippen molar-refractivity contribution in [3.05, 3.63) is 29.8 Å². The molecule has 16 nitrogen and oxygen atoms in total. The van der Waals surface area contributed by atoms with E-state index in [0.29, 0.717) is 5.56 Å². The highest BCUT2D eigenvalue weighted by molar-refractivity contribution is 7.89. The topological polar surface area (TPSA) is 245 Å². The van der Waals surface area contributed by atoms with E-state index < -0.39 is 66.0 Å². The fraction of sp³-hybridized carbons (Fsp3) is 0.500. The summed E-state index contributed by atoms with van der Waals surface area (Å²) in [5, 5.41) is 41.1. The van der Waals surface area contributed by atoms with E-state index in [4.69, 9.17) is 30.3 Å². The van der Waals surface area contributed by atoms with Gasteiger partial charge in [-0.2, -0.15) is 0 Å². The molecule has 218 valence electrons. The molecule has 0 unspecified atom stereocenters. The molecule has 0 radical (unpaired) electrons. The van der Waals surface area contributed by atoms with Crippen LogP contribution < -0.4 is 5.14 Å². The van der Waals surface area contributed by atoms with Gasteiger partial charge in [-0.25, -0.2) is 13.6 Å². The molecular formula is C22H32N4O12S. The van der Waals surface area contributed by atoms with Crippen LogP contribution in [0.15, 0.2) is 29.2 Å². The first kappa shape index (κ1) is 33.4. The van der Waals surface area contributed by atoms with Crippen molar-refractivity contribution >= 4 is 39.9 Å². The van der Waals surface area contributed by atoms with Crippen molar-refractivity contribution in [3.8, 4) is 0 Å². The van der Waals surface area contributed by atoms with Crippen molar-refractivity contribution in [1.82, 2.24) is 14.7 Å². The van der Waals surface area contributed by atoms with Crippen molar-refractivity contribution in [1.29, 1.82) is 0 Å². The summed E-state index contributed by atoms with van der Waals surface area (Å²) in [5.41, 5.74) is 0.669. The monoisotopic (exact) mass is 576 g/mol. The number of ether oxygens (including phenoxy) is 1. The Morgan fingerprint density at radius 3 is 1.41 bits per heavy atom. The molecule has 0 aromatic heterocycles. The third kappa shape index (κ3) is 15.4. The molecule has 1 aromatic rings. The van der Waals surface area contributed by atoms with Crippen molar-refractivity contribution in [2.75, 3.05) is 65.5 Å². The summed E-state index contributed by atoms with van der Waals surface area (Å²) in [6, 6.07) is 5.65. The Bertz CT molecular complexity index is 1040. The van der Waals surface area contributed by atoms with Crippen molar-refractivity contribution in [2.45, 2.75) is 11.3 Å². The summed E-state index contributed by atoms with van der Waals surface area (Å²) < 4.78 is 27.9.